The molecule has 1 aliphatic rings. The molecule has 2 amide bonds. The van der Waals surface area contributed by atoms with Crippen LogP contribution < -0.4 is 11.1 Å². The summed E-state index contributed by atoms with van der Waals surface area (Å²) < 4.78 is 1.98. The first kappa shape index (κ1) is 27.9. The lowest BCUT2D eigenvalue weighted by atomic mass is 9.86. The van der Waals surface area contributed by atoms with Gasteiger partial charge in [0.15, 0.2) is 0 Å². The third-order valence-corrected chi connectivity index (χ3v) is 5.57. The second kappa shape index (κ2) is 11.1. The van der Waals surface area contributed by atoms with E-state index >= 15 is 0 Å². The van der Waals surface area contributed by atoms with Crippen LogP contribution in [-0.2, 0) is 16.1 Å². The molecule has 10 heteroatoms. The Kier molecular flexibility index (Phi) is 9.71. The number of hydrogen-bond donors (Lipinski definition) is 3. The maximum atomic E-state index is 12.8. The first-order valence-corrected chi connectivity index (χ1v) is 10.2. The Bertz CT molecular complexity index is 911. The molecule has 0 radical (unpaired) electrons. The SMILES string of the molecule is Cc1nccn1-c1ccc(CNC(=O)[C@@H]2C[C@@H](O)CN2C(=O)[C@@H](N)C(C)(C)C)cc1.Cl.Cl. The summed E-state index contributed by atoms with van der Waals surface area (Å²) in [5.74, 6) is 0.309. The Morgan fingerprint density at radius 1 is 1.25 bits per heavy atom. The van der Waals surface area contributed by atoms with Gasteiger partial charge in [-0.05, 0) is 30.0 Å². The van der Waals surface area contributed by atoms with E-state index in [1.165, 1.54) is 4.90 Å². The van der Waals surface area contributed by atoms with Crippen molar-refractivity contribution < 1.29 is 14.7 Å². The molecule has 1 aliphatic heterocycles. The first-order valence-electron chi connectivity index (χ1n) is 10.2. The van der Waals surface area contributed by atoms with E-state index in [0.717, 1.165) is 17.1 Å². The standard InChI is InChI=1S/C22H31N5O3.2ClH/c1-14-24-9-10-26(14)16-7-5-15(6-8-16)12-25-20(29)18-11-17(28)13-27(18)21(30)19(23)22(2,3)4;;/h5-10,17-19,28H,11-13,23H2,1-4H3,(H,25,29);2*1H/t17-,18+,19-;;/m1../s1. The lowest BCUT2D eigenvalue weighted by Crippen LogP contribution is -2.54. The second-order valence-electron chi connectivity index (χ2n) is 8.97. The molecule has 3 atom stereocenters. The number of imidazole rings is 1. The van der Waals surface area contributed by atoms with Crippen LogP contribution >= 0.6 is 24.8 Å². The van der Waals surface area contributed by atoms with Crippen molar-refractivity contribution in [3.05, 3.63) is 48.0 Å². The average molecular weight is 486 g/mol. The molecule has 1 saturated heterocycles. The summed E-state index contributed by atoms with van der Waals surface area (Å²) >= 11 is 0. The van der Waals surface area contributed by atoms with Gasteiger partial charge in [-0.2, -0.15) is 0 Å². The smallest absolute Gasteiger partial charge is 0.243 e. The molecular weight excluding hydrogens is 453 g/mol. The number of hydrogen-bond acceptors (Lipinski definition) is 5. The van der Waals surface area contributed by atoms with Crippen molar-refractivity contribution in [3.63, 3.8) is 0 Å². The fourth-order valence-corrected chi connectivity index (χ4v) is 3.59. The van der Waals surface area contributed by atoms with Crippen molar-refractivity contribution in [3.8, 4) is 5.69 Å². The van der Waals surface area contributed by atoms with Crippen LogP contribution in [-0.4, -0.2) is 56.1 Å². The van der Waals surface area contributed by atoms with Gasteiger partial charge in [0.2, 0.25) is 11.8 Å². The maximum absolute atomic E-state index is 12.8. The molecule has 4 N–H and O–H groups in total. The number of aromatic nitrogens is 2. The first-order chi connectivity index (χ1) is 14.1. The zero-order chi connectivity index (χ0) is 22.1. The topological polar surface area (TPSA) is 113 Å². The summed E-state index contributed by atoms with van der Waals surface area (Å²) in [6, 6.07) is 6.36. The second-order valence-corrected chi connectivity index (χ2v) is 8.97. The van der Waals surface area contributed by atoms with Gasteiger partial charge in [-0.15, -0.1) is 24.8 Å². The molecule has 0 unspecified atom stereocenters. The van der Waals surface area contributed by atoms with Crippen molar-refractivity contribution in [2.75, 3.05) is 6.54 Å². The highest BCUT2D eigenvalue weighted by atomic mass is 35.5. The Labute approximate surface area is 201 Å². The van der Waals surface area contributed by atoms with Gasteiger partial charge in [-0.25, -0.2) is 4.98 Å². The quantitative estimate of drug-likeness (QED) is 0.598. The minimum absolute atomic E-state index is 0. The number of halogens is 2. The monoisotopic (exact) mass is 485 g/mol. The summed E-state index contributed by atoms with van der Waals surface area (Å²) in [6.45, 7) is 8.04. The molecule has 1 aromatic heterocycles. The van der Waals surface area contributed by atoms with Crippen LogP contribution in [0, 0.1) is 12.3 Å². The van der Waals surface area contributed by atoms with Crippen molar-refractivity contribution >= 4 is 36.6 Å². The summed E-state index contributed by atoms with van der Waals surface area (Å²) in [5, 5.41) is 12.9. The molecule has 1 aromatic carbocycles. The summed E-state index contributed by atoms with van der Waals surface area (Å²) in [6.07, 6.45) is 3.13. The van der Waals surface area contributed by atoms with Crippen LogP contribution in [0.15, 0.2) is 36.7 Å². The normalized spacial score (nSPS) is 19.0. The fourth-order valence-electron chi connectivity index (χ4n) is 3.59. The van der Waals surface area contributed by atoms with Gasteiger partial charge < -0.3 is 25.6 Å². The van der Waals surface area contributed by atoms with Crippen molar-refractivity contribution in [1.29, 1.82) is 0 Å². The number of carbonyl (C=O) groups is 2. The van der Waals surface area contributed by atoms with Crippen molar-refractivity contribution in [2.24, 2.45) is 11.1 Å². The van der Waals surface area contributed by atoms with E-state index in [9.17, 15) is 14.7 Å². The number of amides is 2. The molecule has 0 bridgehead atoms. The van der Waals surface area contributed by atoms with Crippen LogP contribution in [0.5, 0.6) is 0 Å². The van der Waals surface area contributed by atoms with E-state index in [-0.39, 0.29) is 49.6 Å². The van der Waals surface area contributed by atoms with E-state index in [4.69, 9.17) is 5.73 Å². The summed E-state index contributed by atoms with van der Waals surface area (Å²) in [4.78, 5) is 31.2. The zero-order valence-electron chi connectivity index (χ0n) is 18.8. The van der Waals surface area contributed by atoms with Gasteiger partial charge in [0.05, 0.1) is 12.1 Å². The van der Waals surface area contributed by atoms with E-state index in [1.807, 2.05) is 62.7 Å². The molecular formula is C22H33Cl2N5O3. The maximum Gasteiger partial charge on any atom is 0.243 e. The number of nitrogens with one attached hydrogen (secondary N) is 1. The third kappa shape index (κ3) is 6.22. The van der Waals surface area contributed by atoms with Crippen LogP contribution in [0.1, 0.15) is 38.6 Å². The summed E-state index contributed by atoms with van der Waals surface area (Å²) in [7, 11) is 0. The van der Waals surface area contributed by atoms with Gasteiger partial charge >= 0.3 is 0 Å². The third-order valence-electron chi connectivity index (χ3n) is 5.57. The highest BCUT2D eigenvalue weighted by Crippen LogP contribution is 2.25. The predicted molar refractivity (Wildman–Crippen MR) is 128 cm³/mol. The van der Waals surface area contributed by atoms with Gasteiger partial charge in [-0.3, -0.25) is 9.59 Å². The number of nitrogens with zero attached hydrogens (tertiary/aromatic N) is 3. The number of likely N-dealkylation sites (tertiary alicyclic amines) is 1. The highest BCUT2D eigenvalue weighted by Gasteiger charge is 2.42. The Hall–Kier alpha value is -2.13. The minimum Gasteiger partial charge on any atom is -0.391 e. The number of β-amino-alcohol motifs (C(OH)–C–C–N with tert-alkyl or cyclic N) is 1. The Balaban J connectivity index is 0.00000256. The molecule has 0 saturated carbocycles. The van der Waals surface area contributed by atoms with Gasteiger partial charge in [-0.1, -0.05) is 32.9 Å². The molecule has 2 aromatic rings. The van der Waals surface area contributed by atoms with E-state index < -0.39 is 23.6 Å². The molecule has 0 aliphatic carbocycles. The number of nitrogens with two attached hydrogens (primary N) is 1. The molecule has 8 nitrogen and oxygen atoms in total. The van der Waals surface area contributed by atoms with Crippen LogP contribution in [0.4, 0.5) is 0 Å². The van der Waals surface area contributed by atoms with Crippen molar-refractivity contribution in [1.82, 2.24) is 19.8 Å². The van der Waals surface area contributed by atoms with Gasteiger partial charge in [0.1, 0.15) is 11.9 Å². The predicted octanol–water partition coefficient (Wildman–Crippen LogP) is 1.98. The number of aryl methyl sites for hydroxylation is 1. The molecule has 3 rings (SSSR count). The largest absolute Gasteiger partial charge is 0.391 e. The molecule has 0 spiro atoms. The summed E-state index contributed by atoms with van der Waals surface area (Å²) in [5.41, 5.74) is 7.60. The number of rotatable bonds is 5. The number of carbonyl (C=O) groups excluding carboxylic acids is 2. The average Bonchev–Trinajstić information content (AvgIpc) is 3.30. The van der Waals surface area contributed by atoms with Gasteiger partial charge in [0, 0.05) is 37.6 Å². The highest BCUT2D eigenvalue weighted by molar-refractivity contribution is 5.90. The lowest BCUT2D eigenvalue weighted by molar-refractivity contribution is -0.141. The fraction of sp³-hybridized carbons (Fsp3) is 0.500. The van der Waals surface area contributed by atoms with Crippen LogP contribution in [0.2, 0.25) is 0 Å². The molecule has 178 valence electrons. The van der Waals surface area contributed by atoms with Crippen LogP contribution in [0.25, 0.3) is 5.69 Å². The van der Waals surface area contributed by atoms with Gasteiger partial charge in [0.25, 0.3) is 0 Å². The minimum atomic E-state index is -0.739. The Morgan fingerprint density at radius 3 is 2.41 bits per heavy atom. The van der Waals surface area contributed by atoms with E-state index in [1.54, 1.807) is 6.20 Å². The molecule has 2 heterocycles. The molecule has 1 fully saturated rings. The number of benzene rings is 1. The van der Waals surface area contributed by atoms with E-state index in [0.29, 0.717) is 6.54 Å². The number of aliphatic hydroxyl groups excluding tert-OH is 1. The lowest BCUT2D eigenvalue weighted by Gasteiger charge is -2.32. The Morgan fingerprint density at radius 2 is 1.88 bits per heavy atom. The molecule has 32 heavy (non-hydrogen) atoms. The van der Waals surface area contributed by atoms with Crippen molar-refractivity contribution in [2.45, 2.75) is 58.8 Å². The number of aliphatic hydroxyl groups is 1. The van der Waals surface area contributed by atoms with E-state index in [2.05, 4.69) is 10.3 Å². The van der Waals surface area contributed by atoms with Crippen LogP contribution in [0.3, 0.4) is 0 Å². The zero-order valence-corrected chi connectivity index (χ0v) is 20.4.